The average molecular weight is 220 g/mol. The lowest BCUT2D eigenvalue weighted by Crippen LogP contribution is -2.38. The molecule has 3 rings (SSSR count). The zero-order valence-electron chi connectivity index (χ0n) is 10.4. The molecule has 88 valence electrons. The molecule has 0 saturated heterocycles. The number of carbonyl (C=O) groups excluding carboxylic acids is 1. The van der Waals surface area contributed by atoms with Crippen molar-refractivity contribution in [3.63, 3.8) is 0 Å². The van der Waals surface area contributed by atoms with Crippen molar-refractivity contribution < 1.29 is 9.53 Å². The second-order valence-electron chi connectivity index (χ2n) is 6.37. The highest BCUT2D eigenvalue weighted by molar-refractivity contribution is 5.81. The molecule has 3 aliphatic rings. The van der Waals surface area contributed by atoms with Crippen LogP contribution in [-0.2, 0) is 9.53 Å². The fourth-order valence-corrected chi connectivity index (χ4v) is 5.25. The Hall–Kier alpha value is -0.790. The number of esters is 1. The van der Waals surface area contributed by atoms with Crippen LogP contribution in [0.2, 0.25) is 0 Å². The van der Waals surface area contributed by atoms with Crippen molar-refractivity contribution in [3.8, 4) is 0 Å². The maximum atomic E-state index is 11.5. The lowest BCUT2D eigenvalue weighted by Gasteiger charge is -2.33. The summed E-state index contributed by atoms with van der Waals surface area (Å²) in [5, 5.41) is 0. The average Bonchev–Trinajstić information content (AvgIpc) is 2.49. The van der Waals surface area contributed by atoms with Crippen LogP contribution in [0, 0.1) is 22.7 Å². The molecule has 0 N–H and O–H groups in total. The van der Waals surface area contributed by atoms with Crippen molar-refractivity contribution >= 4 is 5.97 Å². The van der Waals surface area contributed by atoms with Gasteiger partial charge in [-0.25, -0.2) is 4.79 Å². The predicted octanol–water partition coefficient (Wildman–Crippen LogP) is 2.93. The standard InChI is InChI=1S/C14H20O2/c1-5-11(15)16-12(2)8-9-6-7-10-13(9,3)14(10,12)4/h5,9-10H,1,6-8H2,2-4H3/t9?,10-,12?,13?,14?/m0/s1. The molecule has 0 aliphatic heterocycles. The summed E-state index contributed by atoms with van der Waals surface area (Å²) in [6.07, 6.45) is 4.96. The Kier molecular flexibility index (Phi) is 1.65. The maximum absolute atomic E-state index is 11.5. The topological polar surface area (TPSA) is 26.3 Å². The summed E-state index contributed by atoms with van der Waals surface area (Å²) in [7, 11) is 0. The summed E-state index contributed by atoms with van der Waals surface area (Å²) in [5.41, 5.74) is 0.379. The van der Waals surface area contributed by atoms with Gasteiger partial charge in [-0.2, -0.15) is 0 Å². The summed E-state index contributed by atoms with van der Waals surface area (Å²) in [6.45, 7) is 10.3. The van der Waals surface area contributed by atoms with Crippen LogP contribution in [0.1, 0.15) is 40.0 Å². The third kappa shape index (κ3) is 0.781. The van der Waals surface area contributed by atoms with Crippen LogP contribution in [0.5, 0.6) is 0 Å². The van der Waals surface area contributed by atoms with Crippen molar-refractivity contribution in [1.29, 1.82) is 0 Å². The third-order valence-corrected chi connectivity index (χ3v) is 6.34. The van der Waals surface area contributed by atoms with E-state index < -0.39 is 0 Å². The minimum absolute atomic E-state index is 0.210. The van der Waals surface area contributed by atoms with Gasteiger partial charge in [0.2, 0.25) is 0 Å². The van der Waals surface area contributed by atoms with E-state index in [0.717, 1.165) is 18.3 Å². The van der Waals surface area contributed by atoms with Gasteiger partial charge in [0.25, 0.3) is 0 Å². The summed E-state index contributed by atoms with van der Waals surface area (Å²) in [6, 6.07) is 0. The predicted molar refractivity (Wildman–Crippen MR) is 61.7 cm³/mol. The Balaban J connectivity index is 1.94. The van der Waals surface area contributed by atoms with Gasteiger partial charge >= 0.3 is 5.97 Å². The van der Waals surface area contributed by atoms with E-state index in [2.05, 4.69) is 27.4 Å². The monoisotopic (exact) mass is 220 g/mol. The van der Waals surface area contributed by atoms with Gasteiger partial charge in [-0.15, -0.1) is 0 Å². The van der Waals surface area contributed by atoms with E-state index in [1.807, 2.05) is 0 Å². The lowest BCUT2D eigenvalue weighted by atomic mass is 9.85. The first-order valence-electron chi connectivity index (χ1n) is 6.25. The van der Waals surface area contributed by atoms with E-state index in [-0.39, 0.29) is 17.0 Å². The van der Waals surface area contributed by atoms with Gasteiger partial charge in [-0.1, -0.05) is 20.4 Å². The van der Waals surface area contributed by atoms with Crippen molar-refractivity contribution in [2.45, 2.75) is 45.6 Å². The molecule has 4 unspecified atom stereocenters. The molecule has 3 aliphatic carbocycles. The van der Waals surface area contributed by atoms with Crippen LogP contribution < -0.4 is 0 Å². The molecular weight excluding hydrogens is 200 g/mol. The van der Waals surface area contributed by atoms with Crippen LogP contribution in [0.25, 0.3) is 0 Å². The maximum Gasteiger partial charge on any atom is 0.330 e. The summed E-state index contributed by atoms with van der Waals surface area (Å²) in [4.78, 5) is 11.5. The van der Waals surface area contributed by atoms with E-state index in [1.54, 1.807) is 0 Å². The largest absolute Gasteiger partial charge is 0.456 e. The first-order chi connectivity index (χ1) is 7.40. The number of rotatable bonds is 2. The van der Waals surface area contributed by atoms with Gasteiger partial charge in [0, 0.05) is 11.5 Å². The van der Waals surface area contributed by atoms with Crippen LogP contribution in [0.4, 0.5) is 0 Å². The number of carbonyl (C=O) groups is 1. The molecule has 0 radical (unpaired) electrons. The SMILES string of the molecule is C=CC(=O)OC1(C)CC2CC[C@H]3C2(C)C31C. The molecular formula is C14H20O2. The highest BCUT2D eigenvalue weighted by Gasteiger charge is 2.86. The molecule has 0 spiro atoms. The summed E-state index contributed by atoms with van der Waals surface area (Å²) in [5.74, 6) is 1.26. The van der Waals surface area contributed by atoms with Gasteiger partial charge in [0.1, 0.15) is 5.60 Å². The Morgan fingerprint density at radius 3 is 2.56 bits per heavy atom. The molecule has 0 aromatic heterocycles. The first-order valence-corrected chi connectivity index (χ1v) is 6.25. The highest BCUT2D eigenvalue weighted by atomic mass is 16.6. The van der Waals surface area contributed by atoms with Gasteiger partial charge in [0.05, 0.1) is 0 Å². The molecule has 2 heteroatoms. The lowest BCUT2D eigenvalue weighted by molar-refractivity contribution is -0.158. The van der Waals surface area contributed by atoms with Crippen molar-refractivity contribution in [3.05, 3.63) is 12.7 Å². The molecule has 16 heavy (non-hydrogen) atoms. The van der Waals surface area contributed by atoms with Gasteiger partial charge in [-0.05, 0) is 43.4 Å². The Morgan fingerprint density at radius 1 is 1.38 bits per heavy atom. The molecule has 3 saturated carbocycles. The zero-order chi connectivity index (χ0) is 11.8. The van der Waals surface area contributed by atoms with Gasteiger partial charge in [0.15, 0.2) is 0 Å². The van der Waals surface area contributed by atoms with E-state index in [0.29, 0.717) is 5.41 Å². The van der Waals surface area contributed by atoms with Crippen molar-refractivity contribution in [1.82, 2.24) is 0 Å². The number of ether oxygens (including phenoxy) is 1. The number of fused-ring (bicyclic) bond motifs is 1. The number of hydrogen-bond donors (Lipinski definition) is 0. The molecule has 3 fully saturated rings. The highest BCUT2D eigenvalue weighted by Crippen LogP contribution is 2.88. The Morgan fingerprint density at radius 2 is 2.06 bits per heavy atom. The zero-order valence-corrected chi connectivity index (χ0v) is 10.4. The minimum Gasteiger partial charge on any atom is -0.456 e. The van der Waals surface area contributed by atoms with E-state index in [1.165, 1.54) is 18.9 Å². The van der Waals surface area contributed by atoms with Crippen molar-refractivity contribution in [2.24, 2.45) is 22.7 Å². The normalized spacial score (nSPS) is 56.9. The first kappa shape index (κ1) is 10.4. The van der Waals surface area contributed by atoms with E-state index in [9.17, 15) is 4.79 Å². The Labute approximate surface area is 97.1 Å². The van der Waals surface area contributed by atoms with Gasteiger partial charge in [-0.3, -0.25) is 0 Å². The van der Waals surface area contributed by atoms with Gasteiger partial charge < -0.3 is 4.74 Å². The van der Waals surface area contributed by atoms with E-state index in [4.69, 9.17) is 4.74 Å². The van der Waals surface area contributed by atoms with Crippen LogP contribution in [0.3, 0.4) is 0 Å². The van der Waals surface area contributed by atoms with Crippen LogP contribution >= 0.6 is 0 Å². The molecule has 0 aromatic rings. The molecule has 0 heterocycles. The van der Waals surface area contributed by atoms with Crippen LogP contribution in [0.15, 0.2) is 12.7 Å². The van der Waals surface area contributed by atoms with Crippen molar-refractivity contribution in [2.75, 3.05) is 0 Å². The molecule has 2 nitrogen and oxygen atoms in total. The molecule has 0 aromatic carbocycles. The second kappa shape index (κ2) is 2.55. The fourth-order valence-electron chi connectivity index (χ4n) is 5.25. The fraction of sp³-hybridized carbons (Fsp3) is 0.786. The third-order valence-electron chi connectivity index (χ3n) is 6.34. The summed E-state index contributed by atoms with van der Waals surface area (Å²) < 4.78 is 5.69. The van der Waals surface area contributed by atoms with Crippen LogP contribution in [-0.4, -0.2) is 11.6 Å². The minimum atomic E-state index is -0.265. The number of hydrogen-bond acceptors (Lipinski definition) is 2. The summed E-state index contributed by atoms with van der Waals surface area (Å²) >= 11 is 0. The molecule has 0 amide bonds. The molecule has 0 bridgehead atoms. The quantitative estimate of drug-likeness (QED) is 0.528. The smallest absolute Gasteiger partial charge is 0.330 e. The Bertz CT molecular complexity index is 384. The molecule has 5 atom stereocenters. The van der Waals surface area contributed by atoms with E-state index >= 15 is 0 Å². The second-order valence-corrected chi connectivity index (χ2v) is 6.37.